The first-order valence-electron chi connectivity index (χ1n) is 11.6. The molecule has 2 fully saturated rings. The van der Waals surface area contributed by atoms with Crippen LogP contribution in [0.3, 0.4) is 0 Å². The zero-order chi connectivity index (χ0) is 22.5. The molecule has 2 aromatic rings. The van der Waals surface area contributed by atoms with Gasteiger partial charge in [-0.15, -0.1) is 0 Å². The van der Waals surface area contributed by atoms with Crippen LogP contribution in [0.15, 0.2) is 42.5 Å². The molecule has 0 radical (unpaired) electrons. The van der Waals surface area contributed by atoms with Gasteiger partial charge in [0, 0.05) is 41.5 Å². The average Bonchev–Trinajstić information content (AvgIpc) is 2.81. The van der Waals surface area contributed by atoms with E-state index in [2.05, 4.69) is 10.6 Å². The van der Waals surface area contributed by atoms with Gasteiger partial charge in [-0.05, 0) is 80.6 Å². The maximum Gasteiger partial charge on any atom is 0.255 e. The number of benzene rings is 2. The maximum atomic E-state index is 12.7. The van der Waals surface area contributed by atoms with Crippen LogP contribution < -0.4 is 15.5 Å². The normalized spacial score (nSPS) is 17.2. The van der Waals surface area contributed by atoms with E-state index in [4.69, 9.17) is 0 Å². The van der Waals surface area contributed by atoms with Gasteiger partial charge < -0.3 is 15.5 Å². The standard InChI is InChI=1S/C26H31N3O3/c1-18-17-20(26(32)27-21-7-3-2-4-8-21)12-15-23(18)28-25(31)19-10-13-22(14-11-19)29-16-6-5-9-24(29)30/h10-15,17,21H,2-9,16H2,1H3,(H,27,32)(H,28,31). The van der Waals surface area contributed by atoms with Crippen LogP contribution in [0.2, 0.25) is 0 Å². The van der Waals surface area contributed by atoms with Crippen LogP contribution in [-0.4, -0.2) is 30.3 Å². The number of anilines is 2. The largest absolute Gasteiger partial charge is 0.349 e. The molecule has 4 rings (SSSR count). The predicted octanol–water partition coefficient (Wildman–Crippen LogP) is 4.83. The van der Waals surface area contributed by atoms with Gasteiger partial charge in [-0.25, -0.2) is 0 Å². The molecule has 1 aliphatic heterocycles. The molecule has 168 valence electrons. The number of amides is 3. The zero-order valence-electron chi connectivity index (χ0n) is 18.7. The van der Waals surface area contributed by atoms with Crippen molar-refractivity contribution >= 4 is 29.1 Å². The topological polar surface area (TPSA) is 78.5 Å². The van der Waals surface area contributed by atoms with Crippen LogP contribution in [0, 0.1) is 6.92 Å². The summed E-state index contributed by atoms with van der Waals surface area (Å²) in [4.78, 5) is 39.2. The monoisotopic (exact) mass is 433 g/mol. The Balaban J connectivity index is 1.38. The molecule has 0 spiro atoms. The third kappa shape index (κ3) is 5.18. The lowest BCUT2D eigenvalue weighted by Gasteiger charge is -2.26. The van der Waals surface area contributed by atoms with Gasteiger partial charge in [-0.2, -0.15) is 0 Å². The van der Waals surface area contributed by atoms with Gasteiger partial charge in [0.15, 0.2) is 0 Å². The molecule has 1 aliphatic carbocycles. The van der Waals surface area contributed by atoms with Gasteiger partial charge >= 0.3 is 0 Å². The first-order chi connectivity index (χ1) is 15.5. The Bertz CT molecular complexity index is 994. The van der Waals surface area contributed by atoms with Crippen LogP contribution in [-0.2, 0) is 4.79 Å². The molecule has 3 amide bonds. The highest BCUT2D eigenvalue weighted by molar-refractivity contribution is 6.05. The molecule has 6 nitrogen and oxygen atoms in total. The molecule has 0 aromatic heterocycles. The minimum Gasteiger partial charge on any atom is -0.349 e. The van der Waals surface area contributed by atoms with Crippen LogP contribution in [0.25, 0.3) is 0 Å². The van der Waals surface area contributed by atoms with E-state index in [0.29, 0.717) is 23.2 Å². The van der Waals surface area contributed by atoms with Crippen molar-refractivity contribution in [2.45, 2.75) is 64.3 Å². The fourth-order valence-electron chi connectivity index (χ4n) is 4.53. The number of piperidine rings is 1. The number of rotatable bonds is 5. The lowest BCUT2D eigenvalue weighted by molar-refractivity contribution is -0.119. The van der Waals surface area contributed by atoms with E-state index in [1.807, 2.05) is 25.1 Å². The minimum absolute atomic E-state index is 0.0549. The van der Waals surface area contributed by atoms with Crippen molar-refractivity contribution in [1.82, 2.24) is 5.32 Å². The zero-order valence-corrected chi connectivity index (χ0v) is 18.7. The summed E-state index contributed by atoms with van der Waals surface area (Å²) in [5.41, 5.74) is 3.48. The number of hydrogen-bond donors (Lipinski definition) is 2. The Morgan fingerprint density at radius 3 is 2.28 bits per heavy atom. The number of aryl methyl sites for hydroxylation is 1. The fourth-order valence-corrected chi connectivity index (χ4v) is 4.53. The van der Waals surface area contributed by atoms with Crippen molar-refractivity contribution in [3.8, 4) is 0 Å². The molecule has 1 saturated carbocycles. The van der Waals surface area contributed by atoms with E-state index in [-0.39, 0.29) is 23.8 Å². The summed E-state index contributed by atoms with van der Waals surface area (Å²) in [5.74, 6) is -0.138. The lowest BCUT2D eigenvalue weighted by atomic mass is 9.95. The molecule has 0 atom stereocenters. The first-order valence-corrected chi connectivity index (χ1v) is 11.6. The van der Waals surface area contributed by atoms with Crippen molar-refractivity contribution < 1.29 is 14.4 Å². The molecule has 0 bridgehead atoms. The number of hydrogen-bond acceptors (Lipinski definition) is 3. The van der Waals surface area contributed by atoms with E-state index in [0.717, 1.165) is 43.5 Å². The minimum atomic E-state index is -0.218. The number of carbonyl (C=O) groups is 3. The van der Waals surface area contributed by atoms with Gasteiger partial charge in [-0.1, -0.05) is 19.3 Å². The molecule has 2 aliphatic rings. The van der Waals surface area contributed by atoms with Crippen molar-refractivity contribution in [2.75, 3.05) is 16.8 Å². The Kier molecular flexibility index (Phi) is 6.88. The van der Waals surface area contributed by atoms with E-state index in [1.165, 1.54) is 19.3 Å². The van der Waals surface area contributed by atoms with E-state index >= 15 is 0 Å². The van der Waals surface area contributed by atoms with E-state index < -0.39 is 0 Å². The van der Waals surface area contributed by atoms with Gasteiger partial charge in [-0.3, -0.25) is 14.4 Å². The van der Waals surface area contributed by atoms with Crippen LogP contribution in [0.1, 0.15) is 77.6 Å². The van der Waals surface area contributed by atoms with Crippen LogP contribution >= 0.6 is 0 Å². The molecule has 1 saturated heterocycles. The highest BCUT2D eigenvalue weighted by Gasteiger charge is 2.20. The van der Waals surface area contributed by atoms with E-state index in [9.17, 15) is 14.4 Å². The maximum absolute atomic E-state index is 12.7. The van der Waals surface area contributed by atoms with Gasteiger partial charge in [0.05, 0.1) is 0 Å². The van der Waals surface area contributed by atoms with Crippen LogP contribution in [0.4, 0.5) is 11.4 Å². The summed E-state index contributed by atoms with van der Waals surface area (Å²) in [6.45, 7) is 2.61. The third-order valence-electron chi connectivity index (χ3n) is 6.44. The summed E-state index contributed by atoms with van der Waals surface area (Å²) in [6, 6.07) is 12.8. The first kappa shape index (κ1) is 22.1. The Hall–Kier alpha value is -3.15. The number of carbonyl (C=O) groups excluding carboxylic acids is 3. The van der Waals surface area contributed by atoms with Gasteiger partial charge in [0.25, 0.3) is 11.8 Å². The second-order valence-corrected chi connectivity index (χ2v) is 8.84. The summed E-state index contributed by atoms with van der Waals surface area (Å²) in [7, 11) is 0. The van der Waals surface area contributed by atoms with E-state index in [1.54, 1.807) is 29.2 Å². The average molecular weight is 434 g/mol. The summed E-state index contributed by atoms with van der Waals surface area (Å²) in [6.07, 6.45) is 8.20. The SMILES string of the molecule is Cc1cc(C(=O)NC2CCCCC2)ccc1NC(=O)c1ccc(N2CCCCC2=O)cc1. The quantitative estimate of drug-likeness (QED) is 0.709. The molecule has 0 unspecified atom stereocenters. The predicted molar refractivity (Wildman–Crippen MR) is 126 cm³/mol. The lowest BCUT2D eigenvalue weighted by Crippen LogP contribution is -2.36. The smallest absolute Gasteiger partial charge is 0.255 e. The second-order valence-electron chi connectivity index (χ2n) is 8.84. The van der Waals surface area contributed by atoms with Crippen molar-refractivity contribution in [2.24, 2.45) is 0 Å². The summed E-state index contributed by atoms with van der Waals surface area (Å²) < 4.78 is 0. The number of nitrogens with zero attached hydrogens (tertiary/aromatic N) is 1. The molecule has 2 aromatic carbocycles. The molecule has 1 heterocycles. The van der Waals surface area contributed by atoms with Crippen LogP contribution in [0.5, 0.6) is 0 Å². The number of nitrogens with one attached hydrogen (secondary N) is 2. The highest BCUT2D eigenvalue weighted by atomic mass is 16.2. The third-order valence-corrected chi connectivity index (χ3v) is 6.44. The molecule has 32 heavy (non-hydrogen) atoms. The van der Waals surface area contributed by atoms with Crippen molar-refractivity contribution in [3.63, 3.8) is 0 Å². The summed E-state index contributed by atoms with van der Waals surface area (Å²) >= 11 is 0. The molecule has 2 N–H and O–H groups in total. The molecular formula is C26H31N3O3. The van der Waals surface area contributed by atoms with Gasteiger partial charge in [0.1, 0.15) is 0 Å². The summed E-state index contributed by atoms with van der Waals surface area (Å²) in [5, 5.41) is 6.06. The second kappa shape index (κ2) is 9.98. The highest BCUT2D eigenvalue weighted by Crippen LogP contribution is 2.23. The molecule has 6 heteroatoms. The Morgan fingerprint density at radius 1 is 0.875 bits per heavy atom. The Labute approximate surface area is 189 Å². The van der Waals surface area contributed by atoms with Gasteiger partial charge in [0.2, 0.25) is 5.91 Å². The van der Waals surface area contributed by atoms with Crippen molar-refractivity contribution in [1.29, 1.82) is 0 Å². The Morgan fingerprint density at radius 2 is 1.59 bits per heavy atom. The van der Waals surface area contributed by atoms with Crippen molar-refractivity contribution in [3.05, 3.63) is 59.2 Å². The molecular weight excluding hydrogens is 402 g/mol. The fraction of sp³-hybridized carbons (Fsp3) is 0.423.